The fraction of sp³-hybridized carbons (Fsp3) is 0.955. The van der Waals surface area contributed by atoms with Gasteiger partial charge in [0, 0.05) is 0 Å². The average molecular weight is 391 g/mol. The smallest absolute Gasteiger partial charge is 0.306 e. The van der Waals surface area contributed by atoms with Gasteiger partial charge in [0.05, 0.1) is 19.1 Å². The number of unbranched alkanes of at least 4 members (excludes halogenated alkanes) is 11. The minimum Gasteiger partial charge on any atom is -0.481 e. The highest BCUT2D eigenvalue weighted by Gasteiger charge is 2.20. The molecule has 0 radical (unpaired) electrons. The van der Waals surface area contributed by atoms with Crippen LogP contribution in [0.3, 0.4) is 0 Å². The van der Waals surface area contributed by atoms with Crippen molar-refractivity contribution in [3.63, 3.8) is 0 Å². The molecule has 0 amide bonds. The van der Waals surface area contributed by atoms with Crippen LogP contribution in [0.25, 0.3) is 0 Å². The normalized spacial score (nSPS) is 12.1. The van der Waals surface area contributed by atoms with E-state index in [1.54, 1.807) is 0 Å². The molecule has 0 aromatic rings. The van der Waals surface area contributed by atoms with Crippen molar-refractivity contribution in [1.82, 2.24) is 0 Å². The van der Waals surface area contributed by atoms with Gasteiger partial charge >= 0.3 is 5.97 Å². The molecule has 0 aliphatic carbocycles. The molecule has 0 fully saturated rings. The zero-order valence-electron chi connectivity index (χ0n) is 18.0. The van der Waals surface area contributed by atoms with Crippen LogP contribution < -0.4 is 0 Å². The van der Waals surface area contributed by atoms with E-state index in [0.717, 1.165) is 12.8 Å². The first-order chi connectivity index (χ1) is 12.9. The summed E-state index contributed by atoms with van der Waals surface area (Å²) in [4.78, 5) is 11.1. The largest absolute Gasteiger partial charge is 0.481 e. The molecular weight excluding hydrogens is 344 g/mol. The summed E-state index contributed by atoms with van der Waals surface area (Å²) in [6, 6.07) is 0. The van der Waals surface area contributed by atoms with E-state index in [4.69, 9.17) is 20.4 Å². The van der Waals surface area contributed by atoms with Crippen molar-refractivity contribution in [2.24, 2.45) is 11.8 Å². The monoisotopic (exact) mass is 390 g/mol. The predicted octanol–water partition coefficient (Wildman–Crippen LogP) is 4.77. The van der Waals surface area contributed by atoms with Crippen LogP contribution in [-0.2, 0) is 4.79 Å². The molecule has 1 atom stereocenters. The lowest BCUT2D eigenvalue weighted by Gasteiger charge is -2.15. The predicted molar refractivity (Wildman–Crippen MR) is 112 cm³/mol. The highest BCUT2D eigenvalue weighted by atomic mass is 16.4. The van der Waals surface area contributed by atoms with E-state index in [1.807, 2.05) is 13.8 Å². The van der Waals surface area contributed by atoms with Gasteiger partial charge in [-0.15, -0.1) is 0 Å². The van der Waals surface area contributed by atoms with Crippen molar-refractivity contribution in [2.45, 2.75) is 110 Å². The molecule has 27 heavy (non-hydrogen) atoms. The highest BCUT2D eigenvalue weighted by molar-refractivity contribution is 5.70. The Hall–Kier alpha value is -0.650. The molecule has 164 valence electrons. The van der Waals surface area contributed by atoms with E-state index in [-0.39, 0.29) is 25.0 Å². The molecule has 0 heterocycles. The van der Waals surface area contributed by atoms with Gasteiger partial charge in [-0.2, -0.15) is 0 Å². The summed E-state index contributed by atoms with van der Waals surface area (Å²) in [5.74, 6) is -0.503. The molecule has 0 aromatic heterocycles. The summed E-state index contributed by atoms with van der Waals surface area (Å²) in [7, 11) is 0. The van der Waals surface area contributed by atoms with Crippen molar-refractivity contribution in [2.75, 3.05) is 13.2 Å². The van der Waals surface area contributed by atoms with Gasteiger partial charge in [-0.3, -0.25) is 4.79 Å². The Bertz CT molecular complexity index is 303. The quantitative estimate of drug-likeness (QED) is 0.268. The number of hydrogen-bond acceptors (Lipinski definition) is 4. The molecule has 0 rings (SSSR count). The van der Waals surface area contributed by atoms with Gasteiger partial charge in [-0.05, 0) is 12.3 Å². The first-order valence-corrected chi connectivity index (χ1v) is 11.0. The molecule has 5 nitrogen and oxygen atoms in total. The number of rotatable bonds is 17. The maximum atomic E-state index is 11.1. The van der Waals surface area contributed by atoms with Crippen LogP contribution in [0, 0.1) is 11.8 Å². The minimum absolute atomic E-state index is 0.145. The van der Waals surface area contributed by atoms with Crippen molar-refractivity contribution < 1.29 is 25.2 Å². The van der Waals surface area contributed by atoms with Crippen molar-refractivity contribution >= 4 is 5.97 Å². The van der Waals surface area contributed by atoms with Crippen LogP contribution in [0.2, 0.25) is 0 Å². The average Bonchev–Trinajstić information content (AvgIpc) is 2.64. The molecule has 0 aliphatic rings. The third-order valence-corrected chi connectivity index (χ3v) is 4.91. The Morgan fingerprint density at radius 2 is 1.11 bits per heavy atom. The van der Waals surface area contributed by atoms with Gasteiger partial charge in [-0.1, -0.05) is 97.8 Å². The number of aliphatic hydroxyl groups is 3. The van der Waals surface area contributed by atoms with E-state index in [0.29, 0.717) is 0 Å². The summed E-state index contributed by atoms with van der Waals surface area (Å²) in [6.45, 7) is 5.56. The maximum Gasteiger partial charge on any atom is 0.306 e. The molecule has 0 aromatic carbocycles. The molecule has 0 spiro atoms. The Labute approximate surface area is 167 Å². The van der Waals surface area contributed by atoms with E-state index >= 15 is 0 Å². The third-order valence-electron chi connectivity index (χ3n) is 4.91. The molecule has 5 heteroatoms. The first kappa shape index (κ1) is 28.6. The summed E-state index contributed by atoms with van der Waals surface area (Å²) in [6.07, 6.45) is 15.9. The Morgan fingerprint density at radius 1 is 0.741 bits per heavy atom. The third kappa shape index (κ3) is 21.5. The van der Waals surface area contributed by atoms with Gasteiger partial charge in [0.1, 0.15) is 6.10 Å². The van der Waals surface area contributed by atoms with E-state index in [1.165, 1.54) is 70.6 Å². The molecule has 0 aliphatic heterocycles. The number of carboxylic acid groups (broad SMARTS) is 1. The van der Waals surface area contributed by atoms with Crippen molar-refractivity contribution in [1.29, 1.82) is 0 Å². The zero-order valence-corrected chi connectivity index (χ0v) is 18.0. The maximum absolute atomic E-state index is 11.1. The second kappa shape index (κ2) is 21.6. The number of hydrogen-bond donors (Lipinski definition) is 4. The first-order valence-electron chi connectivity index (χ1n) is 11.0. The number of carbonyl (C=O) groups is 1. The zero-order chi connectivity index (χ0) is 20.9. The number of aliphatic carboxylic acids is 1. The van der Waals surface area contributed by atoms with Crippen LogP contribution in [0.4, 0.5) is 0 Å². The lowest BCUT2D eigenvalue weighted by Crippen LogP contribution is -2.19. The van der Waals surface area contributed by atoms with Gasteiger partial charge in [-0.25, -0.2) is 0 Å². The molecule has 0 saturated heterocycles. The van der Waals surface area contributed by atoms with Gasteiger partial charge in [0.15, 0.2) is 0 Å². The van der Waals surface area contributed by atoms with E-state index in [2.05, 4.69) is 6.92 Å². The second-order valence-electron chi connectivity index (χ2n) is 7.89. The van der Waals surface area contributed by atoms with E-state index < -0.39 is 12.1 Å². The van der Waals surface area contributed by atoms with E-state index in [9.17, 15) is 4.79 Å². The molecule has 0 saturated carbocycles. The van der Waals surface area contributed by atoms with Gasteiger partial charge in [0.25, 0.3) is 0 Å². The van der Waals surface area contributed by atoms with Gasteiger partial charge in [0.2, 0.25) is 0 Å². The Kier molecular flexibility index (Phi) is 22.9. The second-order valence-corrected chi connectivity index (χ2v) is 7.89. The topological polar surface area (TPSA) is 98.0 Å². The highest BCUT2D eigenvalue weighted by Crippen LogP contribution is 2.20. The van der Waals surface area contributed by atoms with Crippen molar-refractivity contribution in [3.8, 4) is 0 Å². The van der Waals surface area contributed by atoms with Crippen molar-refractivity contribution in [3.05, 3.63) is 0 Å². The minimum atomic E-state index is -0.954. The number of aliphatic hydroxyl groups excluding tert-OH is 3. The fourth-order valence-corrected chi connectivity index (χ4v) is 3.00. The SMILES string of the molecule is CCCCCCCCCCCCCCC(C(=O)O)C(C)C.OCC(O)CO. The summed E-state index contributed by atoms with van der Waals surface area (Å²) < 4.78 is 0. The molecular formula is C22H46O5. The van der Waals surface area contributed by atoms with Crippen LogP contribution in [-0.4, -0.2) is 45.7 Å². The fourth-order valence-electron chi connectivity index (χ4n) is 3.00. The summed E-state index contributed by atoms with van der Waals surface area (Å²) in [5, 5.41) is 33.1. The standard InChI is InChI=1S/C19H38O2.C3H8O3/c1-4-5-6-7-8-9-10-11-12-13-14-15-16-18(17(2)3)19(20)21;4-1-3(6)2-5/h17-18H,4-16H2,1-3H3,(H,20,21);3-6H,1-2H2. The van der Waals surface area contributed by atoms with Gasteiger partial charge < -0.3 is 20.4 Å². The van der Waals surface area contributed by atoms with Crippen LogP contribution in [0.5, 0.6) is 0 Å². The van der Waals surface area contributed by atoms with Crippen LogP contribution in [0.15, 0.2) is 0 Å². The lowest BCUT2D eigenvalue weighted by molar-refractivity contribution is -0.143. The summed E-state index contributed by atoms with van der Waals surface area (Å²) in [5.41, 5.74) is 0. The Balaban J connectivity index is 0. The summed E-state index contributed by atoms with van der Waals surface area (Å²) >= 11 is 0. The Morgan fingerprint density at radius 3 is 1.37 bits per heavy atom. The van der Waals surface area contributed by atoms with Crippen LogP contribution >= 0.6 is 0 Å². The molecule has 4 N–H and O–H groups in total. The molecule has 1 unspecified atom stereocenters. The lowest BCUT2D eigenvalue weighted by atomic mass is 9.90. The van der Waals surface area contributed by atoms with Crippen LogP contribution in [0.1, 0.15) is 104 Å². The number of carboxylic acids is 1. The molecule has 0 bridgehead atoms.